The van der Waals surface area contributed by atoms with Crippen molar-refractivity contribution in [2.24, 2.45) is 0 Å². The molecular formula is C17H14N2O6. The molecule has 0 spiro atoms. The molecule has 2 aromatic rings. The summed E-state index contributed by atoms with van der Waals surface area (Å²) in [6, 6.07) is 10.1. The van der Waals surface area contributed by atoms with E-state index in [-0.39, 0.29) is 22.4 Å². The van der Waals surface area contributed by atoms with E-state index in [9.17, 15) is 29.9 Å². The Morgan fingerprint density at radius 2 is 1.52 bits per heavy atom. The summed E-state index contributed by atoms with van der Waals surface area (Å²) in [5, 5.41) is 30.9. The second-order valence-corrected chi connectivity index (χ2v) is 5.57. The summed E-state index contributed by atoms with van der Waals surface area (Å²) in [7, 11) is 0. The Kier molecular flexibility index (Phi) is 4.30. The monoisotopic (exact) mass is 342 g/mol. The van der Waals surface area contributed by atoms with E-state index in [1.807, 2.05) is 0 Å². The summed E-state index contributed by atoms with van der Waals surface area (Å²) < 4.78 is 0. The number of carbonyl (C=O) groups excluding carboxylic acids is 2. The van der Waals surface area contributed by atoms with Crippen molar-refractivity contribution in [2.45, 2.75) is 12.1 Å². The minimum Gasteiger partial charge on any atom is -0.394 e. The molecule has 2 N–H and O–H groups in total. The van der Waals surface area contributed by atoms with Crippen LogP contribution in [0.2, 0.25) is 0 Å². The highest BCUT2D eigenvalue weighted by atomic mass is 16.6. The van der Waals surface area contributed by atoms with E-state index in [0.717, 1.165) is 4.90 Å². The maximum absolute atomic E-state index is 12.5. The molecule has 128 valence electrons. The van der Waals surface area contributed by atoms with Crippen LogP contribution in [0.15, 0.2) is 48.5 Å². The molecule has 2 amide bonds. The number of nitro groups is 1. The standard InChI is InChI=1S/C17H14N2O6/c20-9-14(15(21)10-5-7-11(8-6-10)19(24)25)18-16(22)12-3-1-2-4-13(12)17(18)23/h1-8,14-15,20-21H,9H2/t14-,15+/m0/s1. The van der Waals surface area contributed by atoms with E-state index in [1.165, 1.54) is 36.4 Å². The highest BCUT2D eigenvalue weighted by Crippen LogP contribution is 2.30. The van der Waals surface area contributed by atoms with Crippen LogP contribution in [-0.4, -0.2) is 44.5 Å². The number of rotatable bonds is 5. The van der Waals surface area contributed by atoms with Crippen LogP contribution >= 0.6 is 0 Å². The summed E-state index contributed by atoms with van der Waals surface area (Å²) in [5.41, 5.74) is 0.516. The number of hydrogen-bond acceptors (Lipinski definition) is 6. The second-order valence-electron chi connectivity index (χ2n) is 5.57. The van der Waals surface area contributed by atoms with Crippen LogP contribution < -0.4 is 0 Å². The number of aliphatic hydroxyl groups is 2. The van der Waals surface area contributed by atoms with Crippen LogP contribution in [0, 0.1) is 10.1 Å². The number of nitrogens with zero attached hydrogens (tertiary/aromatic N) is 2. The minimum atomic E-state index is -1.38. The van der Waals surface area contributed by atoms with Crippen molar-refractivity contribution >= 4 is 17.5 Å². The van der Waals surface area contributed by atoms with Gasteiger partial charge in [-0.2, -0.15) is 0 Å². The molecule has 0 bridgehead atoms. The van der Waals surface area contributed by atoms with Crippen LogP contribution in [0.1, 0.15) is 32.4 Å². The molecule has 8 heteroatoms. The third-order valence-corrected chi connectivity index (χ3v) is 4.15. The zero-order valence-electron chi connectivity index (χ0n) is 12.9. The van der Waals surface area contributed by atoms with Crippen LogP contribution in [-0.2, 0) is 0 Å². The van der Waals surface area contributed by atoms with Crippen LogP contribution in [0.5, 0.6) is 0 Å². The van der Waals surface area contributed by atoms with Crippen LogP contribution in [0.3, 0.4) is 0 Å². The number of fused-ring (bicyclic) bond motifs is 1. The van der Waals surface area contributed by atoms with Gasteiger partial charge in [-0.15, -0.1) is 0 Å². The van der Waals surface area contributed by atoms with E-state index in [0.29, 0.717) is 0 Å². The zero-order chi connectivity index (χ0) is 18.1. The van der Waals surface area contributed by atoms with Gasteiger partial charge in [0.25, 0.3) is 17.5 Å². The van der Waals surface area contributed by atoms with Gasteiger partial charge in [0, 0.05) is 12.1 Å². The lowest BCUT2D eigenvalue weighted by molar-refractivity contribution is -0.384. The molecule has 2 atom stereocenters. The predicted molar refractivity (Wildman–Crippen MR) is 85.9 cm³/mol. The number of non-ortho nitro benzene ring substituents is 1. The van der Waals surface area contributed by atoms with E-state index in [1.54, 1.807) is 12.1 Å². The fourth-order valence-corrected chi connectivity index (χ4v) is 2.85. The van der Waals surface area contributed by atoms with Gasteiger partial charge < -0.3 is 10.2 Å². The lowest BCUT2D eigenvalue weighted by Crippen LogP contribution is -2.45. The quantitative estimate of drug-likeness (QED) is 0.480. The van der Waals surface area contributed by atoms with Crippen molar-refractivity contribution in [3.63, 3.8) is 0 Å². The maximum Gasteiger partial charge on any atom is 0.269 e. The number of carbonyl (C=O) groups is 2. The Labute approximate surface area is 142 Å². The van der Waals surface area contributed by atoms with Gasteiger partial charge >= 0.3 is 0 Å². The van der Waals surface area contributed by atoms with Gasteiger partial charge in [0.2, 0.25) is 0 Å². The van der Waals surface area contributed by atoms with E-state index >= 15 is 0 Å². The van der Waals surface area contributed by atoms with E-state index < -0.39 is 35.5 Å². The molecule has 0 radical (unpaired) electrons. The average molecular weight is 342 g/mol. The highest BCUT2D eigenvalue weighted by Gasteiger charge is 2.42. The summed E-state index contributed by atoms with van der Waals surface area (Å²) in [6.07, 6.45) is -1.38. The second kappa shape index (κ2) is 6.42. The first-order chi connectivity index (χ1) is 12.0. The van der Waals surface area contributed by atoms with Gasteiger partial charge in [0.1, 0.15) is 6.10 Å². The molecule has 0 aromatic heterocycles. The van der Waals surface area contributed by atoms with Crippen molar-refractivity contribution in [1.29, 1.82) is 0 Å². The zero-order valence-corrected chi connectivity index (χ0v) is 12.9. The maximum atomic E-state index is 12.5. The molecule has 8 nitrogen and oxygen atoms in total. The summed E-state index contributed by atoms with van der Waals surface area (Å²) in [4.78, 5) is 35.9. The fourth-order valence-electron chi connectivity index (χ4n) is 2.85. The first kappa shape index (κ1) is 16.7. The first-order valence-electron chi connectivity index (χ1n) is 7.46. The van der Waals surface area contributed by atoms with E-state index in [4.69, 9.17) is 0 Å². The molecule has 0 unspecified atom stereocenters. The van der Waals surface area contributed by atoms with Crippen molar-refractivity contribution in [2.75, 3.05) is 6.61 Å². The third-order valence-electron chi connectivity index (χ3n) is 4.15. The highest BCUT2D eigenvalue weighted by molar-refractivity contribution is 6.21. The Balaban J connectivity index is 1.91. The molecule has 0 fully saturated rings. The molecule has 1 heterocycles. The SMILES string of the molecule is O=C1c2ccccc2C(=O)N1[C@@H](CO)[C@H](O)c1ccc([N+](=O)[O-])cc1. The molecule has 0 aliphatic carbocycles. The molecule has 2 aromatic carbocycles. The number of imide groups is 1. The molecular weight excluding hydrogens is 328 g/mol. The Morgan fingerprint density at radius 3 is 1.96 bits per heavy atom. The van der Waals surface area contributed by atoms with Gasteiger partial charge in [-0.3, -0.25) is 24.6 Å². The molecule has 1 aliphatic heterocycles. The lowest BCUT2D eigenvalue weighted by atomic mass is 10.0. The average Bonchev–Trinajstić information content (AvgIpc) is 2.88. The predicted octanol–water partition coefficient (Wildman–Crippen LogP) is 1.29. The Hall–Kier alpha value is -3.10. The summed E-state index contributed by atoms with van der Waals surface area (Å²) >= 11 is 0. The van der Waals surface area contributed by atoms with Crippen molar-refractivity contribution in [3.8, 4) is 0 Å². The van der Waals surface area contributed by atoms with Crippen molar-refractivity contribution < 1.29 is 24.7 Å². The van der Waals surface area contributed by atoms with Gasteiger partial charge in [0.05, 0.1) is 28.7 Å². The topological polar surface area (TPSA) is 121 Å². The van der Waals surface area contributed by atoms with Gasteiger partial charge in [-0.05, 0) is 29.8 Å². The van der Waals surface area contributed by atoms with Gasteiger partial charge in [0.15, 0.2) is 0 Å². The number of aliphatic hydroxyl groups excluding tert-OH is 2. The fraction of sp³-hybridized carbons (Fsp3) is 0.176. The molecule has 0 saturated carbocycles. The van der Waals surface area contributed by atoms with Gasteiger partial charge in [-0.1, -0.05) is 12.1 Å². The van der Waals surface area contributed by atoms with Crippen molar-refractivity contribution in [1.82, 2.24) is 4.90 Å². The molecule has 25 heavy (non-hydrogen) atoms. The van der Waals surface area contributed by atoms with E-state index in [2.05, 4.69) is 0 Å². The Morgan fingerprint density at radius 1 is 1.00 bits per heavy atom. The normalized spacial score (nSPS) is 15.8. The van der Waals surface area contributed by atoms with Crippen molar-refractivity contribution in [3.05, 3.63) is 75.3 Å². The molecule has 3 rings (SSSR count). The first-order valence-corrected chi connectivity index (χ1v) is 7.46. The number of benzene rings is 2. The summed E-state index contributed by atoms with van der Waals surface area (Å²) in [5.74, 6) is -1.19. The van der Waals surface area contributed by atoms with Crippen LogP contribution in [0.4, 0.5) is 5.69 Å². The third kappa shape index (κ3) is 2.77. The number of amides is 2. The minimum absolute atomic E-state index is 0.155. The summed E-state index contributed by atoms with van der Waals surface area (Å²) in [6.45, 7) is -0.649. The Bertz CT molecular complexity index is 813. The molecule has 1 aliphatic rings. The smallest absolute Gasteiger partial charge is 0.269 e. The number of hydrogen-bond donors (Lipinski definition) is 2. The van der Waals surface area contributed by atoms with Crippen LogP contribution in [0.25, 0.3) is 0 Å². The lowest BCUT2D eigenvalue weighted by Gasteiger charge is -2.29. The van der Waals surface area contributed by atoms with Gasteiger partial charge in [-0.25, -0.2) is 0 Å². The molecule has 0 saturated heterocycles. The largest absolute Gasteiger partial charge is 0.394 e. The number of nitro benzene ring substituents is 1.